The average Bonchev–Trinajstić information content (AvgIpc) is 2.63. The molecule has 2 aliphatic carbocycles. The van der Waals surface area contributed by atoms with Gasteiger partial charge in [0.25, 0.3) is 0 Å². The maximum atomic E-state index is 3.75. The van der Waals surface area contributed by atoms with Crippen LogP contribution in [-0.4, -0.2) is 4.83 Å². The molecule has 12 heavy (non-hydrogen) atoms. The predicted molar refractivity (Wildman–Crippen MR) is 56.5 cm³/mol. The molecule has 0 aliphatic heterocycles. The molecule has 3 unspecified atom stereocenters. The Morgan fingerprint density at radius 2 is 2.50 bits per heavy atom. The summed E-state index contributed by atoms with van der Waals surface area (Å²) in [6.45, 7) is 2.27. The molecule has 0 aromatic heterocycles. The predicted octanol–water partition coefficient (Wildman–Crippen LogP) is 3.91. The van der Waals surface area contributed by atoms with Gasteiger partial charge < -0.3 is 0 Å². The molecule has 0 saturated heterocycles. The van der Waals surface area contributed by atoms with Crippen LogP contribution in [0.1, 0.15) is 39.0 Å². The second-order valence-corrected chi connectivity index (χ2v) is 5.73. The van der Waals surface area contributed by atoms with Gasteiger partial charge in [0, 0.05) is 4.83 Å². The van der Waals surface area contributed by atoms with E-state index in [4.69, 9.17) is 0 Å². The third-order valence-electron chi connectivity index (χ3n) is 3.47. The molecule has 0 amide bonds. The molecule has 0 nitrogen and oxygen atoms in total. The van der Waals surface area contributed by atoms with E-state index in [2.05, 4.69) is 35.0 Å². The first kappa shape index (κ1) is 8.80. The topological polar surface area (TPSA) is 0 Å². The van der Waals surface area contributed by atoms with Crippen molar-refractivity contribution in [3.8, 4) is 0 Å². The van der Waals surface area contributed by atoms with Crippen molar-refractivity contribution in [3.63, 3.8) is 0 Å². The van der Waals surface area contributed by atoms with Gasteiger partial charge in [0.15, 0.2) is 0 Å². The van der Waals surface area contributed by atoms with Gasteiger partial charge in [-0.2, -0.15) is 0 Å². The molecule has 2 bridgehead atoms. The molecule has 2 rings (SSSR count). The second kappa shape index (κ2) is 3.17. The highest BCUT2D eigenvalue weighted by atomic mass is 79.9. The van der Waals surface area contributed by atoms with E-state index < -0.39 is 0 Å². The van der Waals surface area contributed by atoms with Crippen molar-refractivity contribution >= 4 is 15.9 Å². The van der Waals surface area contributed by atoms with Crippen molar-refractivity contribution in [2.75, 3.05) is 0 Å². The van der Waals surface area contributed by atoms with Crippen molar-refractivity contribution < 1.29 is 0 Å². The van der Waals surface area contributed by atoms with E-state index in [1.807, 2.05) is 0 Å². The molecule has 1 fully saturated rings. The number of fused-ring (bicyclic) bond motifs is 2. The summed E-state index contributed by atoms with van der Waals surface area (Å²) >= 11 is 3.75. The Morgan fingerprint density at radius 1 is 1.67 bits per heavy atom. The summed E-state index contributed by atoms with van der Waals surface area (Å²) in [6.07, 6.45) is 11.9. The molecular formula is C11H17Br. The minimum absolute atomic E-state index is 0.606. The fraction of sp³-hybridized carbons (Fsp3) is 0.818. The van der Waals surface area contributed by atoms with Crippen LogP contribution in [0.15, 0.2) is 12.2 Å². The monoisotopic (exact) mass is 228 g/mol. The van der Waals surface area contributed by atoms with Crippen molar-refractivity contribution in [3.05, 3.63) is 12.2 Å². The SMILES string of the molecule is CCC(Br)CC12C=CC(CC1)C2. The average molecular weight is 229 g/mol. The second-order valence-electron chi connectivity index (χ2n) is 4.43. The van der Waals surface area contributed by atoms with Crippen LogP contribution in [0.5, 0.6) is 0 Å². The minimum atomic E-state index is 0.606. The Bertz CT molecular complexity index is 197. The molecule has 0 radical (unpaired) electrons. The summed E-state index contributed by atoms with van der Waals surface area (Å²) in [6, 6.07) is 0. The van der Waals surface area contributed by atoms with Gasteiger partial charge in [0.05, 0.1) is 0 Å². The lowest BCUT2D eigenvalue weighted by Gasteiger charge is -2.25. The molecule has 3 atom stereocenters. The minimum Gasteiger partial charge on any atom is -0.0890 e. The quantitative estimate of drug-likeness (QED) is 0.508. The van der Waals surface area contributed by atoms with Crippen LogP contribution < -0.4 is 0 Å². The highest BCUT2D eigenvalue weighted by Gasteiger charge is 2.41. The Kier molecular flexibility index (Phi) is 2.33. The zero-order valence-corrected chi connectivity index (χ0v) is 9.31. The van der Waals surface area contributed by atoms with Gasteiger partial charge in [-0.25, -0.2) is 0 Å². The molecule has 0 aromatic rings. The zero-order chi connectivity index (χ0) is 8.60. The van der Waals surface area contributed by atoms with Gasteiger partial charge in [-0.1, -0.05) is 35.0 Å². The molecule has 68 valence electrons. The number of alkyl halides is 1. The Morgan fingerprint density at radius 3 is 2.92 bits per heavy atom. The van der Waals surface area contributed by atoms with Gasteiger partial charge in [-0.15, -0.1) is 0 Å². The van der Waals surface area contributed by atoms with E-state index >= 15 is 0 Å². The lowest BCUT2D eigenvalue weighted by Crippen LogP contribution is -2.16. The Hall–Kier alpha value is 0.220. The van der Waals surface area contributed by atoms with Crippen LogP contribution in [0.2, 0.25) is 0 Å². The van der Waals surface area contributed by atoms with Crippen LogP contribution in [0.4, 0.5) is 0 Å². The highest BCUT2D eigenvalue weighted by Crippen LogP contribution is 2.52. The lowest BCUT2D eigenvalue weighted by atomic mass is 9.82. The summed E-state index contributed by atoms with van der Waals surface area (Å²) < 4.78 is 0. The van der Waals surface area contributed by atoms with Crippen molar-refractivity contribution in [2.45, 2.75) is 43.9 Å². The standard InChI is InChI=1S/C11H17Br/c1-2-10(12)8-11-5-3-9(7-11)4-6-11/h3,5,9-10H,2,4,6-8H2,1H3. The molecule has 0 aromatic carbocycles. The zero-order valence-electron chi connectivity index (χ0n) is 7.72. The number of hydrogen-bond acceptors (Lipinski definition) is 0. The van der Waals surface area contributed by atoms with E-state index in [0.717, 1.165) is 10.7 Å². The summed E-state index contributed by atoms with van der Waals surface area (Å²) in [4.78, 5) is 0.735. The first-order valence-corrected chi connectivity index (χ1v) is 5.99. The van der Waals surface area contributed by atoms with Gasteiger partial charge in [0.1, 0.15) is 0 Å². The molecule has 0 spiro atoms. The molecule has 0 N–H and O–H groups in total. The third kappa shape index (κ3) is 1.48. The smallest absolute Gasteiger partial charge is 0.0151 e. The van der Waals surface area contributed by atoms with E-state index in [0.29, 0.717) is 5.41 Å². The first-order valence-electron chi connectivity index (χ1n) is 5.07. The van der Waals surface area contributed by atoms with E-state index in [9.17, 15) is 0 Å². The van der Waals surface area contributed by atoms with Gasteiger partial charge in [0.2, 0.25) is 0 Å². The highest BCUT2D eigenvalue weighted by molar-refractivity contribution is 9.09. The largest absolute Gasteiger partial charge is 0.0890 e. The van der Waals surface area contributed by atoms with Crippen LogP contribution in [-0.2, 0) is 0 Å². The maximum Gasteiger partial charge on any atom is 0.0151 e. The van der Waals surface area contributed by atoms with Gasteiger partial charge in [-0.3, -0.25) is 0 Å². The third-order valence-corrected chi connectivity index (χ3v) is 4.45. The summed E-state index contributed by atoms with van der Waals surface area (Å²) in [5, 5.41) is 0. The van der Waals surface area contributed by atoms with Crippen LogP contribution >= 0.6 is 15.9 Å². The number of rotatable bonds is 3. The number of allylic oxidation sites excluding steroid dienone is 2. The number of halogens is 1. The summed E-state index contributed by atoms with van der Waals surface area (Å²) in [7, 11) is 0. The molecule has 2 aliphatic rings. The fourth-order valence-electron chi connectivity index (χ4n) is 2.69. The summed E-state index contributed by atoms with van der Waals surface area (Å²) in [5.41, 5.74) is 0.606. The van der Waals surface area contributed by atoms with Crippen LogP contribution in [0.25, 0.3) is 0 Å². The normalized spacial score (nSPS) is 40.7. The molecular weight excluding hydrogens is 212 g/mol. The lowest BCUT2D eigenvalue weighted by molar-refractivity contribution is 0.364. The molecule has 1 heteroatoms. The Labute approximate surface area is 83.6 Å². The van der Waals surface area contributed by atoms with Crippen LogP contribution in [0, 0.1) is 11.3 Å². The molecule has 1 saturated carbocycles. The van der Waals surface area contributed by atoms with E-state index in [1.54, 1.807) is 0 Å². The molecule has 0 heterocycles. The fourth-order valence-corrected chi connectivity index (χ4v) is 3.34. The van der Waals surface area contributed by atoms with Gasteiger partial charge in [-0.05, 0) is 43.4 Å². The van der Waals surface area contributed by atoms with Crippen LogP contribution in [0.3, 0.4) is 0 Å². The summed E-state index contributed by atoms with van der Waals surface area (Å²) in [5.74, 6) is 0.932. The maximum absolute atomic E-state index is 3.75. The van der Waals surface area contributed by atoms with Gasteiger partial charge >= 0.3 is 0 Å². The van der Waals surface area contributed by atoms with E-state index in [1.165, 1.54) is 32.1 Å². The van der Waals surface area contributed by atoms with Crippen molar-refractivity contribution in [2.24, 2.45) is 11.3 Å². The van der Waals surface area contributed by atoms with Crippen molar-refractivity contribution in [1.29, 1.82) is 0 Å². The number of hydrogen-bond donors (Lipinski definition) is 0. The Balaban J connectivity index is 1.99. The first-order chi connectivity index (χ1) is 5.74. The van der Waals surface area contributed by atoms with Crippen molar-refractivity contribution in [1.82, 2.24) is 0 Å². The van der Waals surface area contributed by atoms with E-state index in [-0.39, 0.29) is 0 Å².